The van der Waals surface area contributed by atoms with Gasteiger partial charge in [0, 0.05) is 0 Å². The van der Waals surface area contributed by atoms with E-state index in [1.54, 1.807) is 0 Å². The lowest BCUT2D eigenvalue weighted by molar-refractivity contribution is 0.390. The molecule has 0 unspecified atom stereocenters. The van der Waals surface area contributed by atoms with Gasteiger partial charge in [-0.15, -0.1) is 0 Å². The SMILES string of the molecule is [CH]S(=O)(=O)c1c(C)noc1C. The fourth-order valence-corrected chi connectivity index (χ4v) is 1.77. The molecule has 0 aliphatic heterocycles. The van der Waals surface area contributed by atoms with Gasteiger partial charge < -0.3 is 4.52 Å². The van der Waals surface area contributed by atoms with Crippen LogP contribution in [0.15, 0.2) is 9.42 Å². The number of aromatic nitrogens is 1. The Bertz CT molecular complexity index is 344. The molecule has 4 nitrogen and oxygen atoms in total. The van der Waals surface area contributed by atoms with Crippen molar-refractivity contribution in [2.24, 2.45) is 0 Å². The van der Waals surface area contributed by atoms with Gasteiger partial charge in [0.15, 0.2) is 15.6 Å². The maximum Gasteiger partial charge on any atom is 0.189 e. The topological polar surface area (TPSA) is 60.2 Å². The zero-order chi connectivity index (χ0) is 8.65. The van der Waals surface area contributed by atoms with E-state index < -0.39 is 9.84 Å². The largest absolute Gasteiger partial charge is 0.360 e. The third-order valence-corrected chi connectivity index (χ3v) is 2.40. The fraction of sp³-hybridized carbons (Fsp3) is 0.333. The van der Waals surface area contributed by atoms with E-state index in [0.717, 1.165) is 0 Å². The number of rotatable bonds is 1. The Morgan fingerprint density at radius 1 is 1.45 bits per heavy atom. The Balaban J connectivity index is 3.45. The average Bonchev–Trinajstić information content (AvgIpc) is 2.08. The lowest BCUT2D eigenvalue weighted by Gasteiger charge is -1.91. The van der Waals surface area contributed by atoms with Gasteiger partial charge in [0.25, 0.3) is 0 Å². The highest BCUT2D eigenvalue weighted by Crippen LogP contribution is 2.18. The van der Waals surface area contributed by atoms with Crippen LogP contribution < -0.4 is 0 Å². The normalized spacial score (nSPS) is 11.9. The molecule has 2 radical (unpaired) electrons. The van der Waals surface area contributed by atoms with Crippen molar-refractivity contribution in [3.8, 4) is 0 Å². The molecule has 0 amide bonds. The van der Waals surface area contributed by atoms with Crippen molar-refractivity contribution >= 4 is 9.84 Å². The third-order valence-electron chi connectivity index (χ3n) is 1.25. The van der Waals surface area contributed by atoms with Crippen molar-refractivity contribution in [1.29, 1.82) is 0 Å². The molecule has 1 heterocycles. The van der Waals surface area contributed by atoms with Crippen LogP contribution >= 0.6 is 0 Å². The molecule has 5 heteroatoms. The predicted octanol–water partition coefficient (Wildman–Crippen LogP) is 0.734. The van der Waals surface area contributed by atoms with Gasteiger partial charge in [0.1, 0.15) is 11.2 Å². The Morgan fingerprint density at radius 2 is 2.00 bits per heavy atom. The van der Waals surface area contributed by atoms with Gasteiger partial charge in [-0.2, -0.15) is 0 Å². The highest BCUT2D eigenvalue weighted by molar-refractivity contribution is 7.92. The molecular formula is C6H7NO3S. The minimum absolute atomic E-state index is 0.0162. The first-order valence-electron chi connectivity index (χ1n) is 2.88. The molecule has 0 fully saturated rings. The first-order chi connectivity index (χ1) is 4.93. The fourth-order valence-electron chi connectivity index (χ4n) is 0.881. The van der Waals surface area contributed by atoms with Crippen LogP contribution in [0.25, 0.3) is 0 Å². The highest BCUT2D eigenvalue weighted by atomic mass is 32.2. The van der Waals surface area contributed by atoms with E-state index in [2.05, 4.69) is 9.68 Å². The van der Waals surface area contributed by atoms with Gasteiger partial charge in [-0.1, -0.05) is 5.16 Å². The molecule has 0 saturated carbocycles. The lowest BCUT2D eigenvalue weighted by Crippen LogP contribution is -1.96. The van der Waals surface area contributed by atoms with Crippen LogP contribution in [0.2, 0.25) is 0 Å². The summed E-state index contributed by atoms with van der Waals surface area (Å²) in [6.07, 6.45) is 4.88. The predicted molar refractivity (Wildman–Crippen MR) is 37.5 cm³/mol. The van der Waals surface area contributed by atoms with E-state index in [0.29, 0.717) is 5.69 Å². The first kappa shape index (κ1) is 8.26. The van der Waals surface area contributed by atoms with Gasteiger partial charge in [-0.05, 0) is 13.8 Å². The maximum absolute atomic E-state index is 10.8. The molecule has 0 aromatic carbocycles. The summed E-state index contributed by atoms with van der Waals surface area (Å²) in [7, 11) is -3.68. The molecule has 0 saturated heterocycles. The van der Waals surface area contributed by atoms with Crippen molar-refractivity contribution in [2.45, 2.75) is 18.7 Å². The van der Waals surface area contributed by atoms with Gasteiger partial charge >= 0.3 is 0 Å². The number of hydrogen-bond donors (Lipinski definition) is 0. The van der Waals surface area contributed by atoms with Crippen molar-refractivity contribution in [3.63, 3.8) is 0 Å². The molecule has 1 rings (SSSR count). The van der Waals surface area contributed by atoms with Crippen LogP contribution in [0.1, 0.15) is 11.5 Å². The van der Waals surface area contributed by atoms with E-state index in [4.69, 9.17) is 6.26 Å². The van der Waals surface area contributed by atoms with E-state index in [9.17, 15) is 8.42 Å². The minimum Gasteiger partial charge on any atom is -0.360 e. The van der Waals surface area contributed by atoms with Crippen molar-refractivity contribution in [1.82, 2.24) is 5.16 Å². The third kappa shape index (κ3) is 1.42. The highest BCUT2D eigenvalue weighted by Gasteiger charge is 2.19. The Kier molecular flexibility index (Phi) is 1.75. The summed E-state index contributed by atoms with van der Waals surface area (Å²) in [5.74, 6) is 0.227. The smallest absolute Gasteiger partial charge is 0.189 e. The van der Waals surface area contributed by atoms with Crippen LogP contribution in [0.3, 0.4) is 0 Å². The molecule has 0 aliphatic carbocycles. The molecule has 0 N–H and O–H groups in total. The molecular weight excluding hydrogens is 166 g/mol. The van der Waals surface area contributed by atoms with Gasteiger partial charge in [0.05, 0.1) is 5.69 Å². The molecule has 60 valence electrons. The number of sulfone groups is 1. The summed E-state index contributed by atoms with van der Waals surface area (Å²) in [5, 5.41) is 3.45. The summed E-state index contributed by atoms with van der Waals surface area (Å²) >= 11 is 0. The number of aryl methyl sites for hydroxylation is 2. The minimum atomic E-state index is -3.68. The van der Waals surface area contributed by atoms with E-state index in [1.807, 2.05) is 0 Å². The second-order valence-electron chi connectivity index (χ2n) is 2.20. The van der Waals surface area contributed by atoms with Gasteiger partial charge in [0.2, 0.25) is 0 Å². The zero-order valence-electron chi connectivity index (χ0n) is 6.16. The van der Waals surface area contributed by atoms with Crippen LogP contribution in [-0.4, -0.2) is 13.6 Å². The number of hydrogen-bond acceptors (Lipinski definition) is 4. The van der Waals surface area contributed by atoms with Crippen LogP contribution in [-0.2, 0) is 9.84 Å². The Labute approximate surface area is 65.1 Å². The average molecular weight is 173 g/mol. The Hall–Kier alpha value is -0.840. The van der Waals surface area contributed by atoms with Crippen LogP contribution in [0.4, 0.5) is 0 Å². The molecule has 0 bridgehead atoms. The van der Waals surface area contributed by atoms with E-state index >= 15 is 0 Å². The monoisotopic (exact) mass is 173 g/mol. The van der Waals surface area contributed by atoms with Crippen molar-refractivity contribution in [3.05, 3.63) is 17.7 Å². The summed E-state index contributed by atoms with van der Waals surface area (Å²) in [5.41, 5.74) is 0.296. The molecule has 1 aromatic heterocycles. The van der Waals surface area contributed by atoms with Gasteiger partial charge in [-0.3, -0.25) is 0 Å². The Morgan fingerprint density at radius 3 is 2.18 bits per heavy atom. The quantitative estimate of drug-likeness (QED) is 0.628. The first-order valence-corrected chi connectivity index (χ1v) is 4.43. The van der Waals surface area contributed by atoms with Crippen molar-refractivity contribution in [2.75, 3.05) is 0 Å². The van der Waals surface area contributed by atoms with Crippen LogP contribution in [0, 0.1) is 20.1 Å². The number of nitrogens with zero attached hydrogens (tertiary/aromatic N) is 1. The molecule has 0 atom stereocenters. The zero-order valence-corrected chi connectivity index (χ0v) is 6.97. The second kappa shape index (κ2) is 2.34. The summed E-state index contributed by atoms with van der Waals surface area (Å²) < 4.78 is 26.2. The van der Waals surface area contributed by atoms with E-state index in [-0.39, 0.29) is 10.7 Å². The maximum atomic E-state index is 10.8. The molecule has 1 aromatic rings. The summed E-state index contributed by atoms with van der Waals surface area (Å²) in [6.45, 7) is 3.02. The molecule has 11 heavy (non-hydrogen) atoms. The van der Waals surface area contributed by atoms with E-state index in [1.165, 1.54) is 13.8 Å². The standard InChI is InChI=1S/C6H7NO3S/c1-4-6(11(3,8)9)5(2)10-7-4/h3H,1-2H3. The molecule has 0 spiro atoms. The second-order valence-corrected chi connectivity index (χ2v) is 3.70. The molecule has 0 aliphatic rings. The summed E-state index contributed by atoms with van der Waals surface area (Å²) in [4.78, 5) is -0.0162. The lowest BCUT2D eigenvalue weighted by atomic mass is 10.4. The van der Waals surface area contributed by atoms with Crippen molar-refractivity contribution < 1.29 is 12.9 Å². The summed E-state index contributed by atoms with van der Waals surface area (Å²) in [6, 6.07) is 0. The van der Waals surface area contributed by atoms with Gasteiger partial charge in [-0.25, -0.2) is 8.42 Å². The van der Waals surface area contributed by atoms with Crippen LogP contribution in [0.5, 0.6) is 0 Å².